The van der Waals surface area contributed by atoms with Crippen LogP contribution in [0, 0.1) is 0 Å². The number of anilines is 1. The molecule has 0 radical (unpaired) electrons. The summed E-state index contributed by atoms with van der Waals surface area (Å²) < 4.78 is 0.675. The quantitative estimate of drug-likeness (QED) is 0.796. The van der Waals surface area contributed by atoms with Gasteiger partial charge in [-0.3, -0.25) is 4.79 Å². The highest BCUT2D eigenvalue weighted by molar-refractivity contribution is 9.10. The molecule has 102 valence electrons. The highest BCUT2D eigenvalue weighted by Gasteiger charge is 2.25. The third-order valence-corrected chi connectivity index (χ3v) is 3.39. The SMILES string of the molecule is Nc1ncc(Br)cc1C(=O)N1CCN(C(=O)O)CC1. The summed E-state index contributed by atoms with van der Waals surface area (Å²) in [4.78, 5) is 29.8. The van der Waals surface area contributed by atoms with E-state index in [1.807, 2.05) is 0 Å². The van der Waals surface area contributed by atoms with Crippen LogP contribution in [0.15, 0.2) is 16.7 Å². The first kappa shape index (κ1) is 13.6. The Hall–Kier alpha value is -1.83. The smallest absolute Gasteiger partial charge is 0.407 e. The molecule has 3 N–H and O–H groups in total. The number of pyridine rings is 1. The van der Waals surface area contributed by atoms with E-state index in [1.165, 1.54) is 11.1 Å². The average molecular weight is 329 g/mol. The van der Waals surface area contributed by atoms with Gasteiger partial charge < -0.3 is 20.6 Å². The third kappa shape index (κ3) is 2.95. The number of halogens is 1. The van der Waals surface area contributed by atoms with Crippen LogP contribution < -0.4 is 5.73 Å². The van der Waals surface area contributed by atoms with Crippen molar-refractivity contribution in [2.45, 2.75) is 0 Å². The summed E-state index contributed by atoms with van der Waals surface area (Å²) in [6.07, 6.45) is 0.560. The highest BCUT2D eigenvalue weighted by atomic mass is 79.9. The molecule has 0 unspecified atom stereocenters. The number of aromatic nitrogens is 1. The number of nitrogens with zero attached hydrogens (tertiary/aromatic N) is 3. The minimum atomic E-state index is -0.962. The van der Waals surface area contributed by atoms with E-state index in [0.717, 1.165) is 0 Å². The molecule has 8 heteroatoms. The summed E-state index contributed by atoms with van der Waals surface area (Å²) in [6.45, 7) is 1.33. The molecule has 7 nitrogen and oxygen atoms in total. The number of hydrogen-bond donors (Lipinski definition) is 2. The molecule has 2 amide bonds. The Morgan fingerprint density at radius 1 is 1.26 bits per heavy atom. The molecule has 0 atom stereocenters. The predicted octanol–water partition coefficient (Wildman–Crippen LogP) is 0.862. The van der Waals surface area contributed by atoms with E-state index in [0.29, 0.717) is 36.2 Å². The van der Waals surface area contributed by atoms with E-state index in [-0.39, 0.29) is 11.7 Å². The first-order chi connectivity index (χ1) is 8.99. The van der Waals surface area contributed by atoms with Crippen LogP contribution in [0.3, 0.4) is 0 Å². The monoisotopic (exact) mass is 328 g/mol. The number of nitrogens with two attached hydrogens (primary N) is 1. The maximum atomic E-state index is 12.3. The number of amides is 2. The second-order valence-corrected chi connectivity index (χ2v) is 5.06. The van der Waals surface area contributed by atoms with Crippen molar-refractivity contribution >= 4 is 33.7 Å². The van der Waals surface area contributed by atoms with Gasteiger partial charge in [0.1, 0.15) is 5.82 Å². The molecule has 1 aliphatic rings. The summed E-state index contributed by atoms with van der Waals surface area (Å²) in [5.74, 6) is -0.0507. The van der Waals surface area contributed by atoms with Gasteiger partial charge in [0.15, 0.2) is 0 Å². The van der Waals surface area contributed by atoms with Gasteiger partial charge in [-0.25, -0.2) is 9.78 Å². The van der Waals surface area contributed by atoms with Crippen molar-refractivity contribution in [1.29, 1.82) is 0 Å². The molecule has 1 fully saturated rings. The number of carbonyl (C=O) groups is 2. The van der Waals surface area contributed by atoms with Gasteiger partial charge in [-0.2, -0.15) is 0 Å². The molecule has 0 saturated carbocycles. The lowest BCUT2D eigenvalue weighted by Crippen LogP contribution is -2.50. The fourth-order valence-electron chi connectivity index (χ4n) is 1.89. The highest BCUT2D eigenvalue weighted by Crippen LogP contribution is 2.18. The van der Waals surface area contributed by atoms with Crippen LogP contribution in [0.25, 0.3) is 0 Å². The molecule has 19 heavy (non-hydrogen) atoms. The predicted molar refractivity (Wildman–Crippen MR) is 71.9 cm³/mol. The van der Waals surface area contributed by atoms with Gasteiger partial charge in [0, 0.05) is 36.8 Å². The zero-order chi connectivity index (χ0) is 14.0. The Morgan fingerprint density at radius 2 is 1.84 bits per heavy atom. The Labute approximate surface area is 118 Å². The average Bonchev–Trinajstić information content (AvgIpc) is 2.41. The van der Waals surface area contributed by atoms with Gasteiger partial charge in [0.2, 0.25) is 0 Å². The van der Waals surface area contributed by atoms with Gasteiger partial charge in [0.25, 0.3) is 5.91 Å². The Balaban J connectivity index is 2.09. The Morgan fingerprint density at radius 3 is 2.42 bits per heavy atom. The van der Waals surface area contributed by atoms with E-state index >= 15 is 0 Å². The lowest BCUT2D eigenvalue weighted by atomic mass is 10.2. The van der Waals surface area contributed by atoms with Crippen LogP contribution in [0.2, 0.25) is 0 Å². The summed E-state index contributed by atoms with van der Waals surface area (Å²) >= 11 is 3.24. The zero-order valence-electron chi connectivity index (χ0n) is 10.0. The fraction of sp³-hybridized carbons (Fsp3) is 0.364. The minimum Gasteiger partial charge on any atom is -0.465 e. The fourth-order valence-corrected chi connectivity index (χ4v) is 2.22. The number of carbonyl (C=O) groups excluding carboxylic acids is 1. The Bertz CT molecular complexity index is 515. The molecule has 1 aliphatic heterocycles. The first-order valence-corrected chi connectivity index (χ1v) is 6.46. The van der Waals surface area contributed by atoms with E-state index < -0.39 is 6.09 Å². The molecule has 0 aromatic carbocycles. The van der Waals surface area contributed by atoms with E-state index in [2.05, 4.69) is 20.9 Å². The molecule has 0 spiro atoms. The second kappa shape index (κ2) is 5.43. The number of hydrogen-bond acceptors (Lipinski definition) is 4. The van der Waals surface area contributed by atoms with Crippen molar-refractivity contribution in [2.24, 2.45) is 0 Å². The lowest BCUT2D eigenvalue weighted by molar-refractivity contribution is 0.0625. The first-order valence-electron chi connectivity index (χ1n) is 5.67. The van der Waals surface area contributed by atoms with Crippen LogP contribution in [0.1, 0.15) is 10.4 Å². The van der Waals surface area contributed by atoms with Crippen molar-refractivity contribution < 1.29 is 14.7 Å². The molecular weight excluding hydrogens is 316 g/mol. The van der Waals surface area contributed by atoms with E-state index in [9.17, 15) is 9.59 Å². The molecular formula is C11H13BrN4O3. The van der Waals surface area contributed by atoms with Crippen LogP contribution in [-0.4, -0.2) is 58.1 Å². The van der Waals surface area contributed by atoms with Crippen molar-refractivity contribution in [3.63, 3.8) is 0 Å². The molecule has 2 rings (SSSR count). The maximum absolute atomic E-state index is 12.3. The van der Waals surface area contributed by atoms with Gasteiger partial charge >= 0.3 is 6.09 Å². The van der Waals surface area contributed by atoms with Crippen molar-refractivity contribution in [3.05, 3.63) is 22.3 Å². The van der Waals surface area contributed by atoms with Crippen molar-refractivity contribution in [2.75, 3.05) is 31.9 Å². The second-order valence-electron chi connectivity index (χ2n) is 4.15. The summed E-state index contributed by atoms with van der Waals surface area (Å²) in [5, 5.41) is 8.85. The maximum Gasteiger partial charge on any atom is 0.407 e. The van der Waals surface area contributed by atoms with Gasteiger partial charge in [-0.05, 0) is 22.0 Å². The lowest BCUT2D eigenvalue weighted by Gasteiger charge is -2.33. The van der Waals surface area contributed by atoms with Gasteiger partial charge in [0.05, 0.1) is 5.56 Å². The van der Waals surface area contributed by atoms with Crippen LogP contribution in [0.4, 0.5) is 10.6 Å². The third-order valence-electron chi connectivity index (χ3n) is 2.95. The summed E-state index contributed by atoms with van der Waals surface area (Å²) in [6, 6.07) is 1.62. The Kier molecular flexibility index (Phi) is 3.89. The zero-order valence-corrected chi connectivity index (χ0v) is 11.6. The summed E-state index contributed by atoms with van der Waals surface area (Å²) in [5.41, 5.74) is 6.02. The minimum absolute atomic E-state index is 0.175. The molecule has 1 saturated heterocycles. The number of nitrogen functional groups attached to an aromatic ring is 1. The van der Waals surface area contributed by atoms with Crippen LogP contribution in [0.5, 0.6) is 0 Å². The molecule has 1 aromatic heterocycles. The van der Waals surface area contributed by atoms with E-state index in [4.69, 9.17) is 10.8 Å². The summed E-state index contributed by atoms with van der Waals surface area (Å²) in [7, 11) is 0. The number of carboxylic acid groups (broad SMARTS) is 1. The number of rotatable bonds is 1. The topological polar surface area (TPSA) is 99.8 Å². The van der Waals surface area contributed by atoms with Crippen LogP contribution in [-0.2, 0) is 0 Å². The standard InChI is InChI=1S/C11H13BrN4O3/c12-7-5-8(9(13)14-6-7)10(17)15-1-3-16(4-2-15)11(18)19/h5-6H,1-4H2,(H2,13,14)(H,18,19). The van der Waals surface area contributed by atoms with Crippen molar-refractivity contribution in [3.8, 4) is 0 Å². The van der Waals surface area contributed by atoms with E-state index in [1.54, 1.807) is 11.0 Å². The van der Waals surface area contributed by atoms with Gasteiger partial charge in [-0.1, -0.05) is 0 Å². The molecule has 0 aliphatic carbocycles. The van der Waals surface area contributed by atoms with Crippen molar-refractivity contribution in [1.82, 2.24) is 14.8 Å². The van der Waals surface area contributed by atoms with Gasteiger partial charge in [-0.15, -0.1) is 0 Å². The largest absolute Gasteiger partial charge is 0.465 e. The molecule has 2 heterocycles. The number of piperazine rings is 1. The van der Waals surface area contributed by atoms with Crippen LogP contribution >= 0.6 is 15.9 Å². The normalized spacial score (nSPS) is 15.4. The molecule has 1 aromatic rings. The molecule has 0 bridgehead atoms.